The van der Waals surface area contributed by atoms with Crippen LogP contribution in [0.2, 0.25) is 0 Å². The molecular weight excluding hydrogens is 420 g/mol. The van der Waals surface area contributed by atoms with Gasteiger partial charge in [-0.15, -0.1) is 0 Å². The van der Waals surface area contributed by atoms with Crippen LogP contribution >= 0.6 is 0 Å². The first-order chi connectivity index (χ1) is 14.4. The van der Waals surface area contributed by atoms with Gasteiger partial charge in [-0.25, -0.2) is 9.07 Å². The molecule has 2 heterocycles. The van der Waals surface area contributed by atoms with Gasteiger partial charge < -0.3 is 4.74 Å². The highest BCUT2D eigenvalue weighted by Gasteiger charge is 2.32. The first kappa shape index (κ1) is 22.2. The van der Waals surface area contributed by atoms with Gasteiger partial charge in [0.15, 0.2) is 17.3 Å². The summed E-state index contributed by atoms with van der Waals surface area (Å²) < 4.78 is 60.1. The fourth-order valence-corrected chi connectivity index (χ4v) is 3.26. The Kier molecular flexibility index (Phi) is 5.70. The van der Waals surface area contributed by atoms with Crippen LogP contribution in [0.15, 0.2) is 29.3 Å². The fraction of sp³-hybridized carbons (Fsp3) is 0.300. The van der Waals surface area contributed by atoms with Crippen LogP contribution in [0.5, 0.6) is 5.75 Å². The molecule has 7 nitrogen and oxygen atoms in total. The van der Waals surface area contributed by atoms with Crippen molar-refractivity contribution < 1.29 is 27.1 Å². The Morgan fingerprint density at radius 3 is 2.23 bits per heavy atom. The number of carbonyl (C=O) groups excluding carboxylic acids is 1. The van der Waals surface area contributed by atoms with E-state index in [9.17, 15) is 27.2 Å². The van der Waals surface area contributed by atoms with Gasteiger partial charge >= 0.3 is 17.7 Å². The number of halogens is 4. The van der Waals surface area contributed by atoms with Crippen molar-refractivity contribution in [2.75, 3.05) is 0 Å². The SMILES string of the molecule is CCc1nn(-c2c(C)cc(C(F)(F)F)cc2C)c(=O)c(-n2cc(F)cn2)c1OC(C)=O. The number of carbonyl (C=O) groups is 1. The van der Waals surface area contributed by atoms with E-state index in [4.69, 9.17) is 4.74 Å². The molecule has 0 N–H and O–H groups in total. The molecule has 0 fully saturated rings. The largest absolute Gasteiger partial charge is 0.422 e. The topological polar surface area (TPSA) is 79.0 Å². The number of alkyl halides is 3. The lowest BCUT2D eigenvalue weighted by Crippen LogP contribution is -2.30. The van der Waals surface area contributed by atoms with Gasteiger partial charge in [0.1, 0.15) is 5.69 Å². The number of hydrogen-bond donors (Lipinski definition) is 0. The molecule has 2 aromatic heterocycles. The van der Waals surface area contributed by atoms with Crippen molar-refractivity contribution >= 4 is 5.97 Å². The molecule has 0 radical (unpaired) electrons. The number of nitrogens with zero attached hydrogens (tertiary/aromatic N) is 4. The predicted octanol–water partition coefficient (Wildman–Crippen LogP) is 3.68. The third kappa shape index (κ3) is 4.21. The van der Waals surface area contributed by atoms with Gasteiger partial charge in [0.2, 0.25) is 0 Å². The lowest BCUT2D eigenvalue weighted by molar-refractivity contribution is -0.137. The second kappa shape index (κ2) is 7.97. The van der Waals surface area contributed by atoms with E-state index in [1.165, 1.54) is 13.8 Å². The van der Waals surface area contributed by atoms with Crippen LogP contribution in [0.25, 0.3) is 11.4 Å². The van der Waals surface area contributed by atoms with Gasteiger partial charge in [0.25, 0.3) is 0 Å². The van der Waals surface area contributed by atoms with Crippen LogP contribution in [0, 0.1) is 19.7 Å². The molecule has 164 valence electrons. The predicted molar refractivity (Wildman–Crippen MR) is 102 cm³/mol. The van der Waals surface area contributed by atoms with Gasteiger partial charge in [0, 0.05) is 6.92 Å². The molecule has 0 aliphatic carbocycles. The summed E-state index contributed by atoms with van der Waals surface area (Å²) in [5.74, 6) is -1.66. The zero-order chi connectivity index (χ0) is 23.1. The third-order valence-electron chi connectivity index (χ3n) is 4.48. The highest BCUT2D eigenvalue weighted by Crippen LogP contribution is 2.33. The van der Waals surface area contributed by atoms with E-state index < -0.39 is 29.1 Å². The van der Waals surface area contributed by atoms with Crippen molar-refractivity contribution in [2.45, 2.75) is 40.3 Å². The van der Waals surface area contributed by atoms with Crippen molar-refractivity contribution in [3.63, 3.8) is 0 Å². The Hall–Kier alpha value is -3.50. The van der Waals surface area contributed by atoms with Crippen molar-refractivity contribution in [2.24, 2.45) is 0 Å². The molecule has 11 heteroatoms. The van der Waals surface area contributed by atoms with Crippen molar-refractivity contribution in [3.05, 3.63) is 63.1 Å². The molecule has 0 atom stereocenters. The molecule has 1 aromatic carbocycles. The fourth-order valence-electron chi connectivity index (χ4n) is 3.26. The lowest BCUT2D eigenvalue weighted by Gasteiger charge is -2.19. The maximum atomic E-state index is 13.6. The van der Waals surface area contributed by atoms with E-state index in [-0.39, 0.29) is 40.4 Å². The summed E-state index contributed by atoms with van der Waals surface area (Å²) in [6.45, 7) is 5.65. The normalized spacial score (nSPS) is 11.6. The van der Waals surface area contributed by atoms with Gasteiger partial charge in [-0.1, -0.05) is 6.92 Å². The Bertz CT molecular complexity index is 1210. The highest BCUT2D eigenvalue weighted by molar-refractivity contribution is 5.71. The van der Waals surface area contributed by atoms with E-state index in [0.717, 1.165) is 40.8 Å². The zero-order valence-corrected chi connectivity index (χ0v) is 17.0. The van der Waals surface area contributed by atoms with Crippen molar-refractivity contribution in [3.8, 4) is 17.1 Å². The molecule has 0 saturated heterocycles. The van der Waals surface area contributed by atoms with E-state index in [1.807, 2.05) is 0 Å². The Morgan fingerprint density at radius 1 is 1.16 bits per heavy atom. The average molecular weight is 438 g/mol. The summed E-state index contributed by atoms with van der Waals surface area (Å²) in [6.07, 6.45) is -2.57. The molecule has 0 bridgehead atoms. The lowest BCUT2D eigenvalue weighted by atomic mass is 10.0. The standard InChI is InChI=1S/C20H18F4N4O3/c1-5-15-18(31-12(4)29)17(27-9-14(21)8-25-27)19(30)28(26-15)16-10(2)6-13(7-11(16)3)20(22,23)24/h6-9H,5H2,1-4H3. The minimum atomic E-state index is -4.56. The second-order valence-electron chi connectivity index (χ2n) is 6.85. The maximum Gasteiger partial charge on any atom is 0.416 e. The minimum Gasteiger partial charge on any atom is -0.422 e. The number of aryl methyl sites for hydroxylation is 3. The van der Waals surface area contributed by atoms with Gasteiger partial charge in [-0.2, -0.15) is 28.1 Å². The number of aromatic nitrogens is 4. The number of esters is 1. The molecule has 31 heavy (non-hydrogen) atoms. The smallest absolute Gasteiger partial charge is 0.416 e. The van der Waals surface area contributed by atoms with Gasteiger partial charge in [-0.05, 0) is 43.5 Å². The first-order valence-corrected chi connectivity index (χ1v) is 9.18. The summed E-state index contributed by atoms with van der Waals surface area (Å²) >= 11 is 0. The molecule has 0 unspecified atom stereocenters. The Balaban J connectivity index is 2.38. The molecule has 0 saturated carbocycles. The Labute approximate surface area is 173 Å². The highest BCUT2D eigenvalue weighted by atomic mass is 19.4. The molecule has 0 aliphatic heterocycles. The quantitative estimate of drug-likeness (QED) is 0.459. The van der Waals surface area contributed by atoms with E-state index in [1.54, 1.807) is 6.92 Å². The van der Waals surface area contributed by atoms with E-state index >= 15 is 0 Å². The van der Waals surface area contributed by atoms with Crippen LogP contribution in [0.1, 0.15) is 36.2 Å². The summed E-state index contributed by atoms with van der Waals surface area (Å²) in [4.78, 5) is 24.9. The van der Waals surface area contributed by atoms with E-state index in [0.29, 0.717) is 0 Å². The van der Waals surface area contributed by atoms with Crippen molar-refractivity contribution in [1.29, 1.82) is 0 Å². The molecule has 0 amide bonds. The molecule has 3 rings (SSSR count). The van der Waals surface area contributed by atoms with E-state index in [2.05, 4.69) is 10.2 Å². The molecular formula is C20H18F4N4O3. The van der Waals surface area contributed by atoms with Crippen LogP contribution in [0.3, 0.4) is 0 Å². The number of hydrogen-bond acceptors (Lipinski definition) is 5. The maximum absolute atomic E-state index is 13.6. The monoisotopic (exact) mass is 438 g/mol. The average Bonchev–Trinajstić information content (AvgIpc) is 3.07. The number of ether oxygens (including phenoxy) is 1. The van der Waals surface area contributed by atoms with Crippen LogP contribution in [-0.2, 0) is 17.4 Å². The molecule has 3 aromatic rings. The molecule has 0 spiro atoms. The summed E-state index contributed by atoms with van der Waals surface area (Å²) in [5, 5.41) is 8.01. The summed E-state index contributed by atoms with van der Waals surface area (Å²) in [7, 11) is 0. The van der Waals surface area contributed by atoms with Crippen LogP contribution in [0.4, 0.5) is 17.6 Å². The first-order valence-electron chi connectivity index (χ1n) is 9.18. The second-order valence-corrected chi connectivity index (χ2v) is 6.85. The van der Waals surface area contributed by atoms with Gasteiger partial charge in [-0.3, -0.25) is 9.59 Å². The zero-order valence-electron chi connectivity index (χ0n) is 17.0. The van der Waals surface area contributed by atoms with Gasteiger partial charge in [0.05, 0.1) is 23.6 Å². The minimum absolute atomic E-state index is 0.135. The third-order valence-corrected chi connectivity index (χ3v) is 4.48. The summed E-state index contributed by atoms with van der Waals surface area (Å²) in [5.41, 5.74) is -1.38. The Morgan fingerprint density at radius 2 is 1.77 bits per heavy atom. The number of benzene rings is 1. The van der Waals surface area contributed by atoms with Crippen LogP contribution in [-0.4, -0.2) is 25.5 Å². The summed E-state index contributed by atoms with van der Waals surface area (Å²) in [6, 6.07) is 1.82. The van der Waals surface area contributed by atoms with Crippen molar-refractivity contribution in [1.82, 2.24) is 19.6 Å². The number of rotatable bonds is 4. The molecule has 0 aliphatic rings. The van der Waals surface area contributed by atoms with Crippen LogP contribution < -0.4 is 10.3 Å².